The Balaban J connectivity index is 2.20. The molecule has 0 saturated carbocycles. The molecule has 0 spiro atoms. The van der Waals surface area contributed by atoms with Crippen LogP contribution >= 0.6 is 0 Å². The van der Waals surface area contributed by atoms with E-state index in [-0.39, 0.29) is 12.4 Å². The van der Waals surface area contributed by atoms with Crippen molar-refractivity contribution in [2.24, 2.45) is 0 Å². The Bertz CT molecular complexity index is 587. The van der Waals surface area contributed by atoms with E-state index in [0.29, 0.717) is 17.3 Å². The first kappa shape index (κ1) is 13.3. The molecule has 19 heavy (non-hydrogen) atoms. The standard InChI is InChI=1S/C14H16FN3O/c1-9-13(16-3)17-10(2)18-14(9)19-8-11-6-4-5-7-12(11)15/h4-7H,8H2,1-3H3,(H,16,17,18). The average Bonchev–Trinajstić information content (AvgIpc) is 2.41. The average molecular weight is 261 g/mol. The number of nitrogens with zero attached hydrogens (tertiary/aromatic N) is 2. The third-order valence-electron chi connectivity index (χ3n) is 2.77. The van der Waals surface area contributed by atoms with E-state index in [1.165, 1.54) is 6.07 Å². The summed E-state index contributed by atoms with van der Waals surface area (Å²) in [5.74, 6) is 1.52. The molecule has 0 fully saturated rings. The lowest BCUT2D eigenvalue weighted by Crippen LogP contribution is -2.06. The van der Waals surface area contributed by atoms with Gasteiger partial charge in [0.15, 0.2) is 0 Å². The molecule has 0 atom stereocenters. The summed E-state index contributed by atoms with van der Waals surface area (Å²) in [6.07, 6.45) is 0. The molecule has 0 aliphatic heterocycles. The number of nitrogens with one attached hydrogen (secondary N) is 1. The third-order valence-corrected chi connectivity index (χ3v) is 2.77. The fraction of sp³-hybridized carbons (Fsp3) is 0.286. The second-order valence-corrected chi connectivity index (χ2v) is 4.18. The number of hydrogen-bond acceptors (Lipinski definition) is 4. The topological polar surface area (TPSA) is 47.0 Å². The molecule has 0 amide bonds. The van der Waals surface area contributed by atoms with E-state index in [9.17, 15) is 4.39 Å². The number of aromatic nitrogens is 2. The lowest BCUT2D eigenvalue weighted by molar-refractivity contribution is 0.285. The largest absolute Gasteiger partial charge is 0.472 e. The van der Waals surface area contributed by atoms with Gasteiger partial charge in [0.1, 0.15) is 24.1 Å². The Hall–Kier alpha value is -2.17. The molecule has 1 aromatic carbocycles. The number of aryl methyl sites for hydroxylation is 1. The van der Waals surface area contributed by atoms with Crippen LogP contribution in [0.25, 0.3) is 0 Å². The van der Waals surface area contributed by atoms with Crippen LogP contribution in [0.1, 0.15) is 17.0 Å². The van der Waals surface area contributed by atoms with Crippen LogP contribution in [-0.2, 0) is 6.61 Å². The molecule has 0 aliphatic rings. The highest BCUT2D eigenvalue weighted by atomic mass is 19.1. The normalized spacial score (nSPS) is 10.3. The van der Waals surface area contributed by atoms with Crippen molar-refractivity contribution in [1.29, 1.82) is 0 Å². The molecular weight excluding hydrogens is 245 g/mol. The Kier molecular flexibility index (Phi) is 3.94. The van der Waals surface area contributed by atoms with Crippen LogP contribution in [0.4, 0.5) is 10.2 Å². The van der Waals surface area contributed by atoms with E-state index < -0.39 is 0 Å². The van der Waals surface area contributed by atoms with Gasteiger partial charge >= 0.3 is 0 Å². The predicted molar refractivity (Wildman–Crippen MR) is 71.8 cm³/mol. The predicted octanol–water partition coefficient (Wildman–Crippen LogP) is 2.85. The zero-order valence-corrected chi connectivity index (χ0v) is 11.2. The summed E-state index contributed by atoms with van der Waals surface area (Å²) >= 11 is 0. The number of hydrogen-bond donors (Lipinski definition) is 1. The van der Waals surface area contributed by atoms with Crippen molar-refractivity contribution in [1.82, 2.24) is 9.97 Å². The van der Waals surface area contributed by atoms with Crippen LogP contribution in [0, 0.1) is 19.7 Å². The van der Waals surface area contributed by atoms with Gasteiger partial charge in [-0.15, -0.1) is 0 Å². The minimum atomic E-state index is -0.278. The van der Waals surface area contributed by atoms with Crippen molar-refractivity contribution < 1.29 is 9.13 Å². The van der Waals surface area contributed by atoms with Crippen LogP contribution in [-0.4, -0.2) is 17.0 Å². The van der Waals surface area contributed by atoms with Crippen molar-refractivity contribution in [3.8, 4) is 5.88 Å². The first-order valence-corrected chi connectivity index (χ1v) is 6.01. The molecule has 0 saturated heterocycles. The van der Waals surface area contributed by atoms with Crippen LogP contribution in [0.3, 0.4) is 0 Å². The van der Waals surface area contributed by atoms with Gasteiger partial charge in [-0.1, -0.05) is 18.2 Å². The highest BCUT2D eigenvalue weighted by Gasteiger charge is 2.10. The Morgan fingerprint density at radius 3 is 2.63 bits per heavy atom. The fourth-order valence-electron chi connectivity index (χ4n) is 1.75. The quantitative estimate of drug-likeness (QED) is 0.919. The third kappa shape index (κ3) is 2.99. The molecule has 100 valence electrons. The molecule has 0 aliphatic carbocycles. The number of anilines is 1. The summed E-state index contributed by atoms with van der Waals surface area (Å²) in [6, 6.07) is 6.53. The molecule has 0 unspecified atom stereocenters. The number of rotatable bonds is 4. The molecular formula is C14H16FN3O. The van der Waals surface area contributed by atoms with Crippen molar-refractivity contribution in [2.45, 2.75) is 20.5 Å². The lowest BCUT2D eigenvalue weighted by atomic mass is 10.2. The molecule has 1 aromatic heterocycles. The summed E-state index contributed by atoms with van der Waals surface area (Å²) in [5, 5.41) is 2.98. The molecule has 0 bridgehead atoms. The molecule has 1 heterocycles. The molecule has 2 aromatic rings. The smallest absolute Gasteiger partial charge is 0.222 e. The highest BCUT2D eigenvalue weighted by Crippen LogP contribution is 2.22. The first-order chi connectivity index (χ1) is 9.11. The summed E-state index contributed by atoms with van der Waals surface area (Å²) in [6.45, 7) is 3.80. The molecule has 1 N–H and O–H groups in total. The van der Waals surface area contributed by atoms with E-state index in [4.69, 9.17) is 4.74 Å². The van der Waals surface area contributed by atoms with Gasteiger partial charge in [0.05, 0.1) is 5.56 Å². The van der Waals surface area contributed by atoms with Gasteiger partial charge in [0.25, 0.3) is 0 Å². The maximum Gasteiger partial charge on any atom is 0.222 e. The van der Waals surface area contributed by atoms with Gasteiger partial charge in [-0.2, -0.15) is 4.98 Å². The summed E-state index contributed by atoms with van der Waals surface area (Å²) in [5.41, 5.74) is 1.31. The minimum Gasteiger partial charge on any atom is -0.472 e. The zero-order chi connectivity index (χ0) is 13.8. The Morgan fingerprint density at radius 2 is 1.95 bits per heavy atom. The Morgan fingerprint density at radius 1 is 1.21 bits per heavy atom. The molecule has 5 heteroatoms. The molecule has 2 rings (SSSR count). The number of benzene rings is 1. The van der Waals surface area contributed by atoms with Crippen LogP contribution in [0.15, 0.2) is 24.3 Å². The lowest BCUT2D eigenvalue weighted by Gasteiger charge is -2.12. The summed E-state index contributed by atoms with van der Waals surface area (Å²) in [7, 11) is 1.79. The van der Waals surface area contributed by atoms with Crippen molar-refractivity contribution in [3.63, 3.8) is 0 Å². The van der Waals surface area contributed by atoms with Gasteiger partial charge in [0.2, 0.25) is 5.88 Å². The van der Waals surface area contributed by atoms with Gasteiger partial charge in [0, 0.05) is 12.6 Å². The van der Waals surface area contributed by atoms with Crippen LogP contribution < -0.4 is 10.1 Å². The zero-order valence-electron chi connectivity index (χ0n) is 11.2. The van der Waals surface area contributed by atoms with E-state index in [2.05, 4.69) is 15.3 Å². The van der Waals surface area contributed by atoms with Crippen molar-refractivity contribution in [3.05, 3.63) is 47.0 Å². The van der Waals surface area contributed by atoms with Crippen molar-refractivity contribution >= 4 is 5.82 Å². The highest BCUT2D eigenvalue weighted by molar-refractivity contribution is 5.47. The van der Waals surface area contributed by atoms with E-state index in [0.717, 1.165) is 11.4 Å². The fourth-order valence-corrected chi connectivity index (χ4v) is 1.75. The van der Waals surface area contributed by atoms with E-state index in [1.807, 2.05) is 6.92 Å². The minimum absolute atomic E-state index is 0.146. The maximum absolute atomic E-state index is 13.5. The monoisotopic (exact) mass is 261 g/mol. The van der Waals surface area contributed by atoms with Crippen molar-refractivity contribution in [2.75, 3.05) is 12.4 Å². The maximum atomic E-state index is 13.5. The second kappa shape index (κ2) is 5.65. The SMILES string of the molecule is CNc1nc(C)nc(OCc2ccccc2F)c1C. The Labute approximate surface area is 111 Å². The number of ether oxygens (including phenoxy) is 1. The second-order valence-electron chi connectivity index (χ2n) is 4.18. The van der Waals surface area contributed by atoms with Crippen LogP contribution in [0.2, 0.25) is 0 Å². The van der Waals surface area contributed by atoms with E-state index in [1.54, 1.807) is 32.2 Å². The van der Waals surface area contributed by atoms with Gasteiger partial charge in [-0.25, -0.2) is 9.37 Å². The summed E-state index contributed by atoms with van der Waals surface area (Å²) in [4.78, 5) is 8.48. The van der Waals surface area contributed by atoms with E-state index >= 15 is 0 Å². The summed E-state index contributed by atoms with van der Waals surface area (Å²) < 4.78 is 19.1. The molecule has 4 nitrogen and oxygen atoms in total. The van der Waals surface area contributed by atoms with Gasteiger partial charge in [-0.05, 0) is 19.9 Å². The number of halogens is 1. The van der Waals surface area contributed by atoms with Gasteiger partial charge in [-0.3, -0.25) is 0 Å². The van der Waals surface area contributed by atoms with Crippen LogP contribution in [0.5, 0.6) is 5.88 Å². The first-order valence-electron chi connectivity index (χ1n) is 6.01. The van der Waals surface area contributed by atoms with Gasteiger partial charge < -0.3 is 10.1 Å². The molecule has 0 radical (unpaired) electrons.